The van der Waals surface area contributed by atoms with E-state index in [0.717, 1.165) is 18.5 Å². The number of rotatable bonds is 6. The van der Waals surface area contributed by atoms with Gasteiger partial charge >= 0.3 is 5.97 Å². The minimum atomic E-state index is -0.779. The van der Waals surface area contributed by atoms with Crippen LogP contribution in [0.2, 0.25) is 0 Å². The quantitative estimate of drug-likeness (QED) is 0.824. The molecule has 0 saturated carbocycles. The molecule has 0 aromatic heterocycles. The second kappa shape index (κ2) is 6.40. The van der Waals surface area contributed by atoms with Gasteiger partial charge in [-0.25, -0.2) is 0 Å². The van der Waals surface area contributed by atoms with Crippen molar-refractivity contribution in [3.8, 4) is 0 Å². The summed E-state index contributed by atoms with van der Waals surface area (Å²) >= 11 is 0. The lowest BCUT2D eigenvalue weighted by Crippen LogP contribution is -2.39. The predicted molar refractivity (Wildman–Crippen MR) is 69.0 cm³/mol. The molecule has 3 nitrogen and oxygen atoms in total. The fraction of sp³-hybridized carbons (Fsp3) is 0.500. The molecule has 0 aliphatic heterocycles. The van der Waals surface area contributed by atoms with Gasteiger partial charge in [-0.15, -0.1) is 0 Å². The standard InChI is InChI=1S/C14H21NO2/c1-4-10-15(11(2)3)13(14(16)17)12-8-6-5-7-9-12/h5-9,11,13H,4,10H2,1-3H3,(H,16,17). The van der Waals surface area contributed by atoms with Crippen LogP contribution in [-0.4, -0.2) is 28.6 Å². The van der Waals surface area contributed by atoms with E-state index < -0.39 is 12.0 Å². The average Bonchev–Trinajstić information content (AvgIpc) is 2.29. The van der Waals surface area contributed by atoms with E-state index in [1.807, 2.05) is 49.1 Å². The van der Waals surface area contributed by atoms with Crippen molar-refractivity contribution >= 4 is 5.97 Å². The van der Waals surface area contributed by atoms with Crippen molar-refractivity contribution in [3.05, 3.63) is 35.9 Å². The topological polar surface area (TPSA) is 40.5 Å². The Morgan fingerprint density at radius 1 is 1.29 bits per heavy atom. The van der Waals surface area contributed by atoms with E-state index in [0.29, 0.717) is 0 Å². The third-order valence-corrected chi connectivity index (χ3v) is 2.83. The predicted octanol–water partition coefficient (Wildman–Crippen LogP) is 2.93. The largest absolute Gasteiger partial charge is 0.480 e. The first-order chi connectivity index (χ1) is 8.07. The summed E-state index contributed by atoms with van der Waals surface area (Å²) in [6.07, 6.45) is 0.953. The van der Waals surface area contributed by atoms with E-state index in [-0.39, 0.29) is 6.04 Å². The molecule has 0 fully saturated rings. The molecular formula is C14H21NO2. The maximum absolute atomic E-state index is 11.5. The molecule has 3 heteroatoms. The molecule has 0 bridgehead atoms. The summed E-state index contributed by atoms with van der Waals surface area (Å²) in [4.78, 5) is 13.5. The number of carboxylic acids is 1. The SMILES string of the molecule is CCCN(C(C)C)C(C(=O)O)c1ccccc1. The fourth-order valence-electron chi connectivity index (χ4n) is 2.05. The van der Waals surface area contributed by atoms with Crippen LogP contribution in [0.25, 0.3) is 0 Å². The van der Waals surface area contributed by atoms with Gasteiger partial charge in [0.05, 0.1) is 0 Å². The lowest BCUT2D eigenvalue weighted by atomic mass is 10.0. The van der Waals surface area contributed by atoms with Gasteiger partial charge in [0.2, 0.25) is 0 Å². The van der Waals surface area contributed by atoms with E-state index >= 15 is 0 Å². The Kier molecular flexibility index (Phi) is 5.16. The number of nitrogens with zero attached hydrogens (tertiary/aromatic N) is 1. The highest BCUT2D eigenvalue weighted by molar-refractivity contribution is 5.75. The molecule has 1 rings (SSSR count). The van der Waals surface area contributed by atoms with Crippen molar-refractivity contribution in [1.29, 1.82) is 0 Å². The van der Waals surface area contributed by atoms with Crippen LogP contribution in [0.15, 0.2) is 30.3 Å². The average molecular weight is 235 g/mol. The summed E-state index contributed by atoms with van der Waals surface area (Å²) in [5.74, 6) is -0.779. The van der Waals surface area contributed by atoms with Crippen LogP contribution >= 0.6 is 0 Å². The van der Waals surface area contributed by atoms with Gasteiger partial charge in [0, 0.05) is 6.04 Å². The lowest BCUT2D eigenvalue weighted by molar-refractivity contribution is -0.144. The zero-order valence-corrected chi connectivity index (χ0v) is 10.8. The Hall–Kier alpha value is -1.35. The van der Waals surface area contributed by atoms with Gasteiger partial charge < -0.3 is 5.11 Å². The molecule has 17 heavy (non-hydrogen) atoms. The monoisotopic (exact) mass is 235 g/mol. The summed E-state index contributed by atoms with van der Waals surface area (Å²) in [5.41, 5.74) is 0.849. The number of carboxylic acid groups (broad SMARTS) is 1. The molecule has 0 spiro atoms. The summed E-state index contributed by atoms with van der Waals surface area (Å²) in [7, 11) is 0. The van der Waals surface area contributed by atoms with Gasteiger partial charge in [0.15, 0.2) is 0 Å². The van der Waals surface area contributed by atoms with Gasteiger partial charge in [0.25, 0.3) is 0 Å². The summed E-state index contributed by atoms with van der Waals surface area (Å²) in [5, 5.41) is 9.43. The molecule has 0 aliphatic rings. The molecule has 0 aliphatic carbocycles. The van der Waals surface area contributed by atoms with Crippen LogP contribution < -0.4 is 0 Å². The fourth-order valence-corrected chi connectivity index (χ4v) is 2.05. The Balaban J connectivity index is 3.03. The van der Waals surface area contributed by atoms with Gasteiger partial charge in [-0.05, 0) is 32.4 Å². The van der Waals surface area contributed by atoms with Crippen molar-refractivity contribution in [2.45, 2.75) is 39.3 Å². The summed E-state index contributed by atoms with van der Waals surface area (Å²) in [6, 6.07) is 9.11. The molecule has 94 valence electrons. The molecule has 0 saturated heterocycles. The highest BCUT2D eigenvalue weighted by Gasteiger charge is 2.28. The number of hydrogen-bond donors (Lipinski definition) is 1. The van der Waals surface area contributed by atoms with Crippen LogP contribution in [0.5, 0.6) is 0 Å². The normalized spacial score (nSPS) is 13.0. The zero-order chi connectivity index (χ0) is 12.8. The van der Waals surface area contributed by atoms with Crippen LogP contribution in [0, 0.1) is 0 Å². The number of hydrogen-bond acceptors (Lipinski definition) is 2. The van der Waals surface area contributed by atoms with Crippen molar-refractivity contribution in [3.63, 3.8) is 0 Å². The number of carbonyl (C=O) groups is 1. The number of benzene rings is 1. The lowest BCUT2D eigenvalue weighted by Gasteiger charge is -2.32. The zero-order valence-electron chi connectivity index (χ0n) is 10.8. The van der Waals surface area contributed by atoms with Crippen molar-refractivity contribution in [1.82, 2.24) is 4.90 Å². The van der Waals surface area contributed by atoms with Gasteiger partial charge in [-0.1, -0.05) is 37.3 Å². The third-order valence-electron chi connectivity index (χ3n) is 2.83. The maximum Gasteiger partial charge on any atom is 0.325 e. The van der Waals surface area contributed by atoms with Crippen LogP contribution in [0.1, 0.15) is 38.8 Å². The first kappa shape index (κ1) is 13.7. The van der Waals surface area contributed by atoms with Gasteiger partial charge in [-0.3, -0.25) is 9.69 Å². The first-order valence-corrected chi connectivity index (χ1v) is 6.11. The molecular weight excluding hydrogens is 214 g/mol. The van der Waals surface area contributed by atoms with Crippen molar-refractivity contribution < 1.29 is 9.90 Å². The second-order valence-corrected chi connectivity index (χ2v) is 4.48. The number of aliphatic carboxylic acids is 1. The van der Waals surface area contributed by atoms with Gasteiger partial charge in [-0.2, -0.15) is 0 Å². The Bertz CT molecular complexity index is 348. The Labute approximate surface area is 103 Å². The van der Waals surface area contributed by atoms with E-state index in [1.165, 1.54) is 0 Å². The smallest absolute Gasteiger partial charge is 0.325 e. The highest BCUT2D eigenvalue weighted by atomic mass is 16.4. The molecule has 0 amide bonds. The minimum Gasteiger partial charge on any atom is -0.480 e. The molecule has 1 unspecified atom stereocenters. The van der Waals surface area contributed by atoms with E-state index in [1.54, 1.807) is 0 Å². The van der Waals surface area contributed by atoms with E-state index in [9.17, 15) is 9.90 Å². The Morgan fingerprint density at radius 3 is 2.29 bits per heavy atom. The van der Waals surface area contributed by atoms with Crippen molar-refractivity contribution in [2.24, 2.45) is 0 Å². The summed E-state index contributed by atoms with van der Waals surface area (Å²) < 4.78 is 0. The molecule has 1 N–H and O–H groups in total. The Morgan fingerprint density at radius 2 is 1.88 bits per heavy atom. The van der Waals surface area contributed by atoms with E-state index in [2.05, 4.69) is 6.92 Å². The van der Waals surface area contributed by atoms with Crippen LogP contribution in [-0.2, 0) is 4.79 Å². The van der Waals surface area contributed by atoms with Crippen LogP contribution in [0.4, 0.5) is 0 Å². The minimum absolute atomic E-state index is 0.219. The maximum atomic E-state index is 11.5. The summed E-state index contributed by atoms with van der Waals surface area (Å²) in [6.45, 7) is 6.94. The molecule has 1 atom stereocenters. The highest BCUT2D eigenvalue weighted by Crippen LogP contribution is 2.23. The molecule has 0 heterocycles. The molecule has 1 aromatic carbocycles. The second-order valence-electron chi connectivity index (χ2n) is 4.48. The first-order valence-electron chi connectivity index (χ1n) is 6.11. The molecule has 1 aromatic rings. The van der Waals surface area contributed by atoms with Crippen molar-refractivity contribution in [2.75, 3.05) is 6.54 Å². The van der Waals surface area contributed by atoms with Gasteiger partial charge in [0.1, 0.15) is 6.04 Å². The molecule has 0 radical (unpaired) electrons. The third kappa shape index (κ3) is 3.56. The van der Waals surface area contributed by atoms with E-state index in [4.69, 9.17) is 0 Å². The van der Waals surface area contributed by atoms with Crippen LogP contribution in [0.3, 0.4) is 0 Å².